The van der Waals surface area contributed by atoms with Crippen molar-refractivity contribution in [1.29, 1.82) is 0 Å². The van der Waals surface area contributed by atoms with E-state index in [1.807, 2.05) is 13.8 Å². The molecule has 2 nitrogen and oxygen atoms in total. The molecule has 0 bridgehead atoms. The van der Waals surface area contributed by atoms with Gasteiger partial charge >= 0.3 is 0 Å². The molecule has 1 rings (SSSR count). The lowest BCUT2D eigenvalue weighted by Gasteiger charge is -2.13. The Kier molecular flexibility index (Phi) is 5.51. The molecule has 0 spiro atoms. The van der Waals surface area contributed by atoms with Gasteiger partial charge in [0.2, 0.25) is 0 Å². The van der Waals surface area contributed by atoms with Crippen LogP contribution >= 0.6 is 0 Å². The number of halogens is 2. The Morgan fingerprint density at radius 3 is 2.53 bits per heavy atom. The molecular formula is C13H19F2NO. The van der Waals surface area contributed by atoms with Gasteiger partial charge in [0.1, 0.15) is 0 Å². The van der Waals surface area contributed by atoms with E-state index < -0.39 is 17.7 Å². The van der Waals surface area contributed by atoms with Gasteiger partial charge in [0.05, 0.1) is 6.10 Å². The quantitative estimate of drug-likeness (QED) is 0.804. The van der Waals surface area contributed by atoms with Crippen molar-refractivity contribution in [2.24, 2.45) is 5.92 Å². The van der Waals surface area contributed by atoms with Crippen LogP contribution in [-0.2, 0) is 6.54 Å². The molecule has 0 aromatic heterocycles. The Morgan fingerprint density at radius 2 is 1.94 bits per heavy atom. The Bertz CT molecular complexity index is 355. The zero-order chi connectivity index (χ0) is 12.8. The summed E-state index contributed by atoms with van der Waals surface area (Å²) in [5.74, 6) is -1.24. The van der Waals surface area contributed by atoms with E-state index in [4.69, 9.17) is 0 Å². The average molecular weight is 243 g/mol. The number of rotatable bonds is 6. The lowest BCUT2D eigenvalue weighted by molar-refractivity contribution is 0.146. The fraction of sp³-hybridized carbons (Fsp3) is 0.538. The van der Waals surface area contributed by atoms with E-state index in [1.165, 1.54) is 6.07 Å². The predicted molar refractivity (Wildman–Crippen MR) is 63.5 cm³/mol. The molecule has 96 valence electrons. The summed E-state index contributed by atoms with van der Waals surface area (Å²) in [5, 5.41) is 12.6. The molecule has 0 aliphatic carbocycles. The summed E-state index contributed by atoms with van der Waals surface area (Å²) >= 11 is 0. The number of benzene rings is 1. The highest BCUT2D eigenvalue weighted by Crippen LogP contribution is 2.08. The SMILES string of the molecule is CC(C)CC(O)CNCc1ccc(F)c(F)c1. The highest BCUT2D eigenvalue weighted by atomic mass is 19.2. The predicted octanol–water partition coefficient (Wildman–Crippen LogP) is 2.46. The first kappa shape index (κ1) is 14.1. The summed E-state index contributed by atoms with van der Waals surface area (Å²) in [6.07, 6.45) is 0.324. The largest absolute Gasteiger partial charge is 0.392 e. The fourth-order valence-electron chi connectivity index (χ4n) is 1.66. The second-order valence-electron chi connectivity index (χ2n) is 4.66. The topological polar surface area (TPSA) is 32.3 Å². The van der Waals surface area contributed by atoms with Gasteiger partial charge in [-0.05, 0) is 30.0 Å². The summed E-state index contributed by atoms with van der Waals surface area (Å²) in [6, 6.07) is 3.80. The second-order valence-corrected chi connectivity index (χ2v) is 4.66. The van der Waals surface area contributed by atoms with E-state index in [0.29, 0.717) is 24.6 Å². The van der Waals surface area contributed by atoms with Crippen molar-refractivity contribution < 1.29 is 13.9 Å². The van der Waals surface area contributed by atoms with Crippen molar-refractivity contribution in [2.45, 2.75) is 32.9 Å². The lowest BCUT2D eigenvalue weighted by Crippen LogP contribution is -2.27. The van der Waals surface area contributed by atoms with Gasteiger partial charge in [-0.1, -0.05) is 19.9 Å². The summed E-state index contributed by atoms with van der Waals surface area (Å²) in [6.45, 7) is 4.96. The Hall–Kier alpha value is -1.00. The maximum absolute atomic E-state index is 12.9. The number of hydrogen-bond acceptors (Lipinski definition) is 2. The number of aliphatic hydroxyl groups is 1. The van der Waals surface area contributed by atoms with E-state index >= 15 is 0 Å². The molecule has 1 aromatic carbocycles. The van der Waals surface area contributed by atoms with Crippen molar-refractivity contribution in [3.8, 4) is 0 Å². The summed E-state index contributed by atoms with van der Waals surface area (Å²) in [5.41, 5.74) is 0.667. The highest BCUT2D eigenvalue weighted by molar-refractivity contribution is 5.17. The fourth-order valence-corrected chi connectivity index (χ4v) is 1.66. The van der Waals surface area contributed by atoms with Crippen LogP contribution in [0.4, 0.5) is 8.78 Å². The first-order chi connectivity index (χ1) is 7.99. The molecule has 4 heteroatoms. The molecule has 0 saturated carbocycles. The van der Waals surface area contributed by atoms with Crippen LogP contribution in [0, 0.1) is 17.6 Å². The first-order valence-corrected chi connectivity index (χ1v) is 5.81. The van der Waals surface area contributed by atoms with Crippen molar-refractivity contribution in [2.75, 3.05) is 6.54 Å². The van der Waals surface area contributed by atoms with E-state index in [0.717, 1.165) is 18.6 Å². The highest BCUT2D eigenvalue weighted by Gasteiger charge is 2.07. The van der Waals surface area contributed by atoms with Crippen molar-refractivity contribution in [3.05, 3.63) is 35.4 Å². The number of hydrogen-bond donors (Lipinski definition) is 2. The molecule has 1 atom stereocenters. The van der Waals surface area contributed by atoms with Crippen molar-refractivity contribution in [3.63, 3.8) is 0 Å². The Morgan fingerprint density at radius 1 is 1.24 bits per heavy atom. The van der Waals surface area contributed by atoms with Crippen LogP contribution in [0.25, 0.3) is 0 Å². The number of aliphatic hydroxyl groups excluding tert-OH is 1. The zero-order valence-corrected chi connectivity index (χ0v) is 10.2. The Balaban J connectivity index is 2.33. The van der Waals surface area contributed by atoms with Crippen LogP contribution in [0.15, 0.2) is 18.2 Å². The van der Waals surface area contributed by atoms with Gasteiger partial charge in [-0.25, -0.2) is 8.78 Å². The molecule has 0 radical (unpaired) electrons. The minimum atomic E-state index is -0.841. The molecule has 0 aliphatic rings. The first-order valence-electron chi connectivity index (χ1n) is 5.81. The molecule has 2 N–H and O–H groups in total. The lowest BCUT2D eigenvalue weighted by atomic mass is 10.1. The van der Waals surface area contributed by atoms with Crippen LogP contribution in [0.5, 0.6) is 0 Å². The van der Waals surface area contributed by atoms with E-state index in [1.54, 1.807) is 0 Å². The molecule has 17 heavy (non-hydrogen) atoms. The molecule has 0 aliphatic heterocycles. The van der Waals surface area contributed by atoms with E-state index in [2.05, 4.69) is 5.32 Å². The maximum atomic E-state index is 12.9. The molecular weight excluding hydrogens is 224 g/mol. The standard InChI is InChI=1S/C13H19F2NO/c1-9(2)5-11(17)8-16-7-10-3-4-12(14)13(15)6-10/h3-4,6,9,11,16-17H,5,7-8H2,1-2H3. The molecule has 0 saturated heterocycles. The maximum Gasteiger partial charge on any atom is 0.159 e. The van der Waals surface area contributed by atoms with Crippen molar-refractivity contribution >= 4 is 0 Å². The molecule has 0 heterocycles. The smallest absolute Gasteiger partial charge is 0.159 e. The summed E-state index contributed by atoms with van der Waals surface area (Å²) < 4.78 is 25.5. The van der Waals surface area contributed by atoms with Gasteiger partial charge in [-0.2, -0.15) is 0 Å². The Labute approximate surface area is 101 Å². The minimum absolute atomic E-state index is 0.403. The van der Waals surface area contributed by atoms with Gasteiger partial charge in [0.15, 0.2) is 11.6 Å². The van der Waals surface area contributed by atoms with Gasteiger partial charge in [-0.15, -0.1) is 0 Å². The molecule has 0 fully saturated rings. The van der Waals surface area contributed by atoms with Crippen LogP contribution in [-0.4, -0.2) is 17.8 Å². The molecule has 1 aromatic rings. The third kappa shape index (κ3) is 5.24. The average Bonchev–Trinajstić information content (AvgIpc) is 2.22. The second kappa shape index (κ2) is 6.67. The number of nitrogens with one attached hydrogen (secondary N) is 1. The normalized spacial score (nSPS) is 13.1. The third-order valence-electron chi connectivity index (χ3n) is 2.44. The van der Waals surface area contributed by atoms with E-state index in [-0.39, 0.29) is 0 Å². The van der Waals surface area contributed by atoms with Gasteiger partial charge in [0.25, 0.3) is 0 Å². The molecule has 1 unspecified atom stereocenters. The third-order valence-corrected chi connectivity index (χ3v) is 2.44. The van der Waals surface area contributed by atoms with Gasteiger partial charge in [0, 0.05) is 13.1 Å². The minimum Gasteiger partial charge on any atom is -0.392 e. The monoisotopic (exact) mass is 243 g/mol. The summed E-state index contributed by atoms with van der Waals surface area (Å²) in [7, 11) is 0. The van der Waals surface area contributed by atoms with Gasteiger partial charge in [-0.3, -0.25) is 0 Å². The van der Waals surface area contributed by atoms with Gasteiger partial charge < -0.3 is 10.4 Å². The zero-order valence-electron chi connectivity index (χ0n) is 10.2. The summed E-state index contributed by atoms with van der Waals surface area (Å²) in [4.78, 5) is 0. The van der Waals surface area contributed by atoms with Crippen LogP contribution in [0.3, 0.4) is 0 Å². The van der Waals surface area contributed by atoms with Crippen LogP contribution in [0.1, 0.15) is 25.8 Å². The van der Waals surface area contributed by atoms with Crippen molar-refractivity contribution in [1.82, 2.24) is 5.32 Å². The van der Waals surface area contributed by atoms with Crippen LogP contribution < -0.4 is 5.32 Å². The molecule has 0 amide bonds. The van der Waals surface area contributed by atoms with Crippen LogP contribution in [0.2, 0.25) is 0 Å². The van der Waals surface area contributed by atoms with E-state index in [9.17, 15) is 13.9 Å².